The second kappa shape index (κ2) is 4.01. The molecule has 4 saturated carbocycles. The Morgan fingerprint density at radius 3 is 1.89 bits per heavy atom. The second-order valence-corrected chi connectivity index (χ2v) is 6.69. The van der Waals surface area contributed by atoms with Crippen LogP contribution in [0.25, 0.3) is 0 Å². The van der Waals surface area contributed by atoms with E-state index in [4.69, 9.17) is 9.84 Å². The first-order valence-corrected chi connectivity index (χ1v) is 7.07. The quantitative estimate of drug-likeness (QED) is 0.617. The van der Waals surface area contributed by atoms with E-state index in [2.05, 4.69) is 0 Å². The van der Waals surface area contributed by atoms with Crippen LogP contribution >= 0.6 is 0 Å². The summed E-state index contributed by atoms with van der Waals surface area (Å²) in [4.78, 5) is 11.0. The van der Waals surface area contributed by atoms with E-state index < -0.39 is 5.97 Å². The van der Waals surface area contributed by atoms with Gasteiger partial charge in [-0.15, -0.1) is 0 Å². The largest absolute Gasteiger partial charge is 0.491 e. The van der Waals surface area contributed by atoms with E-state index in [0.29, 0.717) is 11.3 Å². The Hall–Kier alpha value is -0.990. The highest BCUT2D eigenvalue weighted by molar-refractivity contribution is 5.86. The predicted octanol–water partition coefficient (Wildman–Crippen LogP) is 3.35. The van der Waals surface area contributed by atoms with Crippen LogP contribution < -0.4 is 0 Å². The fraction of sp³-hybridized carbons (Fsp3) is 0.800. The van der Waals surface area contributed by atoms with Crippen molar-refractivity contribution in [2.24, 2.45) is 17.8 Å². The number of carbonyl (C=O) groups is 1. The molecule has 0 atom stereocenters. The van der Waals surface area contributed by atoms with Gasteiger partial charge in [-0.05, 0) is 70.1 Å². The molecule has 0 heterocycles. The van der Waals surface area contributed by atoms with Gasteiger partial charge in [-0.3, -0.25) is 0 Å². The lowest BCUT2D eigenvalue weighted by Crippen LogP contribution is -2.51. The maximum atomic E-state index is 11.0. The molecular weight excluding hydrogens is 228 g/mol. The van der Waals surface area contributed by atoms with Crippen LogP contribution in [-0.4, -0.2) is 16.7 Å². The molecule has 1 N–H and O–H groups in total. The van der Waals surface area contributed by atoms with Crippen LogP contribution in [0.5, 0.6) is 0 Å². The first-order valence-electron chi connectivity index (χ1n) is 7.07. The molecule has 0 aromatic carbocycles. The fourth-order valence-corrected chi connectivity index (χ4v) is 4.71. The van der Waals surface area contributed by atoms with Crippen molar-refractivity contribution in [3.8, 4) is 0 Å². The number of allylic oxidation sites excluding steroid dienone is 1. The van der Waals surface area contributed by atoms with E-state index in [-0.39, 0.29) is 5.60 Å². The van der Waals surface area contributed by atoms with Gasteiger partial charge in [0.05, 0.1) is 5.57 Å². The highest BCUT2D eigenvalue weighted by Crippen LogP contribution is 2.57. The third-order valence-corrected chi connectivity index (χ3v) is 5.20. The van der Waals surface area contributed by atoms with Crippen molar-refractivity contribution in [3.63, 3.8) is 0 Å². The predicted molar refractivity (Wildman–Crippen MR) is 68.0 cm³/mol. The number of hydrogen-bond acceptors (Lipinski definition) is 2. The van der Waals surface area contributed by atoms with Crippen LogP contribution in [0.1, 0.15) is 52.4 Å². The molecule has 0 aliphatic heterocycles. The van der Waals surface area contributed by atoms with Crippen molar-refractivity contribution >= 4 is 5.97 Å². The third-order valence-electron chi connectivity index (χ3n) is 5.20. The molecule has 4 fully saturated rings. The molecule has 18 heavy (non-hydrogen) atoms. The SMILES string of the molecule is C/C(OC12CC3CC(CC(C3)C1)C2)=C(/C)C(=O)O. The minimum atomic E-state index is -0.864. The summed E-state index contributed by atoms with van der Waals surface area (Å²) >= 11 is 0. The van der Waals surface area contributed by atoms with Crippen molar-refractivity contribution in [1.82, 2.24) is 0 Å². The molecule has 0 saturated heterocycles. The third kappa shape index (κ3) is 1.94. The summed E-state index contributed by atoms with van der Waals surface area (Å²) < 4.78 is 6.17. The van der Waals surface area contributed by atoms with Gasteiger partial charge in [0.25, 0.3) is 0 Å². The van der Waals surface area contributed by atoms with Crippen LogP contribution in [0.2, 0.25) is 0 Å². The van der Waals surface area contributed by atoms with Gasteiger partial charge in [0.1, 0.15) is 11.4 Å². The zero-order valence-corrected chi connectivity index (χ0v) is 11.2. The van der Waals surface area contributed by atoms with E-state index in [1.165, 1.54) is 19.3 Å². The van der Waals surface area contributed by atoms with Gasteiger partial charge in [-0.1, -0.05) is 0 Å². The number of hydrogen-bond donors (Lipinski definition) is 1. The van der Waals surface area contributed by atoms with Crippen molar-refractivity contribution in [2.45, 2.75) is 58.0 Å². The standard InChI is InChI=1S/C15H22O3/c1-9(14(16)17)10(2)18-15-6-11-3-12(7-15)5-13(4-11)8-15/h11-13H,3-8H2,1-2H3,(H,16,17)/b10-9+. The number of ether oxygens (including phenoxy) is 1. The summed E-state index contributed by atoms with van der Waals surface area (Å²) in [5, 5.41) is 9.03. The van der Waals surface area contributed by atoms with Crippen molar-refractivity contribution in [1.29, 1.82) is 0 Å². The number of carboxylic acids is 1. The lowest BCUT2D eigenvalue weighted by molar-refractivity contribution is -0.142. The average molecular weight is 250 g/mol. The first-order chi connectivity index (χ1) is 8.47. The van der Waals surface area contributed by atoms with E-state index in [9.17, 15) is 4.79 Å². The molecule has 4 rings (SSSR count). The first kappa shape index (κ1) is 12.1. The zero-order chi connectivity index (χ0) is 12.9. The highest BCUT2D eigenvalue weighted by Gasteiger charge is 2.52. The van der Waals surface area contributed by atoms with E-state index in [1.54, 1.807) is 6.92 Å². The summed E-state index contributed by atoms with van der Waals surface area (Å²) in [7, 11) is 0. The van der Waals surface area contributed by atoms with Crippen LogP contribution in [0.15, 0.2) is 11.3 Å². The van der Waals surface area contributed by atoms with Crippen molar-refractivity contribution in [2.75, 3.05) is 0 Å². The molecule has 0 amide bonds. The molecule has 0 aromatic rings. The Balaban J connectivity index is 1.80. The molecule has 3 nitrogen and oxygen atoms in total. The molecule has 0 radical (unpaired) electrons. The van der Waals surface area contributed by atoms with Crippen LogP contribution in [0.3, 0.4) is 0 Å². The molecule has 3 heteroatoms. The Kier molecular flexibility index (Phi) is 2.68. The molecule has 4 bridgehead atoms. The normalized spacial score (nSPS) is 42.7. The Morgan fingerprint density at radius 2 is 1.50 bits per heavy atom. The van der Waals surface area contributed by atoms with Crippen LogP contribution in [0.4, 0.5) is 0 Å². The molecular formula is C15H22O3. The topological polar surface area (TPSA) is 46.5 Å². The smallest absolute Gasteiger partial charge is 0.334 e. The minimum Gasteiger partial charge on any atom is -0.491 e. The summed E-state index contributed by atoms with van der Waals surface area (Å²) in [5.41, 5.74) is 0.320. The number of carboxylic acid groups (broad SMARTS) is 1. The average Bonchev–Trinajstić information content (AvgIpc) is 2.24. The van der Waals surface area contributed by atoms with Crippen molar-refractivity contribution < 1.29 is 14.6 Å². The van der Waals surface area contributed by atoms with Gasteiger partial charge in [-0.2, -0.15) is 0 Å². The van der Waals surface area contributed by atoms with E-state index in [1.807, 2.05) is 6.92 Å². The van der Waals surface area contributed by atoms with Gasteiger partial charge >= 0.3 is 5.97 Å². The molecule has 0 aromatic heterocycles. The Morgan fingerprint density at radius 1 is 1.06 bits per heavy atom. The van der Waals surface area contributed by atoms with Gasteiger partial charge < -0.3 is 9.84 Å². The molecule has 4 aliphatic rings. The van der Waals surface area contributed by atoms with E-state index >= 15 is 0 Å². The summed E-state index contributed by atoms with van der Waals surface area (Å²) in [6.45, 7) is 3.44. The van der Waals surface area contributed by atoms with Crippen LogP contribution in [-0.2, 0) is 9.53 Å². The molecule has 0 unspecified atom stereocenters. The summed E-state index contributed by atoms with van der Waals surface area (Å²) in [6.07, 6.45) is 7.56. The summed E-state index contributed by atoms with van der Waals surface area (Å²) in [5.74, 6) is 2.24. The zero-order valence-electron chi connectivity index (χ0n) is 11.2. The lowest BCUT2D eigenvalue weighted by atomic mass is 9.54. The lowest BCUT2D eigenvalue weighted by Gasteiger charge is -2.56. The molecule has 4 aliphatic carbocycles. The van der Waals surface area contributed by atoms with E-state index in [0.717, 1.165) is 37.0 Å². The van der Waals surface area contributed by atoms with Gasteiger partial charge in [0, 0.05) is 0 Å². The summed E-state index contributed by atoms with van der Waals surface area (Å²) in [6, 6.07) is 0. The molecule has 100 valence electrons. The molecule has 0 spiro atoms. The van der Waals surface area contributed by atoms with Gasteiger partial charge in [0.15, 0.2) is 0 Å². The number of aliphatic carboxylic acids is 1. The Bertz CT molecular complexity index is 373. The number of rotatable bonds is 3. The highest BCUT2D eigenvalue weighted by atomic mass is 16.5. The van der Waals surface area contributed by atoms with Crippen molar-refractivity contribution in [3.05, 3.63) is 11.3 Å². The second-order valence-electron chi connectivity index (χ2n) is 6.69. The maximum absolute atomic E-state index is 11.0. The Labute approximate surface area is 108 Å². The maximum Gasteiger partial charge on any atom is 0.334 e. The minimum absolute atomic E-state index is 0.0322. The van der Waals surface area contributed by atoms with Gasteiger partial charge in [-0.25, -0.2) is 4.79 Å². The van der Waals surface area contributed by atoms with Crippen LogP contribution in [0, 0.1) is 17.8 Å². The monoisotopic (exact) mass is 250 g/mol. The fourth-order valence-electron chi connectivity index (χ4n) is 4.71. The van der Waals surface area contributed by atoms with Gasteiger partial charge in [0.2, 0.25) is 0 Å².